The number of aliphatic hydroxyl groups is 1. The molecule has 0 bridgehead atoms. The number of β-amino-alcohol motifs (C(OH)–C–C–N with tert-alkyl or cyclic N) is 1. The van der Waals surface area contributed by atoms with E-state index in [2.05, 4.69) is 36.5 Å². The fourth-order valence-electron chi connectivity index (χ4n) is 1.96. The van der Waals surface area contributed by atoms with Gasteiger partial charge in [-0.3, -0.25) is 0 Å². The molecule has 1 saturated heterocycles. The maximum atomic E-state index is 9.40. The Morgan fingerprint density at radius 1 is 1.36 bits per heavy atom. The monoisotopic (exact) mass is 191 g/mol. The van der Waals surface area contributed by atoms with E-state index in [-0.39, 0.29) is 6.10 Å². The second-order valence-electron chi connectivity index (χ2n) is 3.95. The quantitative estimate of drug-likeness (QED) is 0.745. The summed E-state index contributed by atoms with van der Waals surface area (Å²) in [7, 11) is 0. The molecule has 2 rings (SSSR count). The van der Waals surface area contributed by atoms with Crippen molar-refractivity contribution in [1.82, 2.24) is 5.32 Å². The van der Waals surface area contributed by atoms with Crippen LogP contribution in [0, 0.1) is 0 Å². The van der Waals surface area contributed by atoms with Crippen LogP contribution in [0.2, 0.25) is 0 Å². The van der Waals surface area contributed by atoms with Crippen molar-refractivity contribution in [3.63, 3.8) is 0 Å². The Morgan fingerprint density at radius 3 is 2.57 bits per heavy atom. The van der Waals surface area contributed by atoms with Gasteiger partial charge in [0.2, 0.25) is 0 Å². The minimum Gasteiger partial charge on any atom is -0.392 e. The normalized spacial score (nSPS) is 26.7. The summed E-state index contributed by atoms with van der Waals surface area (Å²) in [6.45, 7) is 2.88. The standard InChI is InChI=1S/C12H17NO/c1-2-9-3-5-10(6-4-9)12-7-11(14)8-13-12/h3-6,11-14H,2,7-8H2,1H3. The maximum absolute atomic E-state index is 9.40. The van der Waals surface area contributed by atoms with Crippen molar-refractivity contribution in [1.29, 1.82) is 0 Å². The molecule has 0 amide bonds. The SMILES string of the molecule is CCc1ccc(C2CC(O)CN2)cc1. The molecule has 2 heteroatoms. The third kappa shape index (κ3) is 1.97. The minimum atomic E-state index is -0.175. The molecule has 2 atom stereocenters. The molecule has 2 N–H and O–H groups in total. The molecule has 0 spiro atoms. The molecule has 1 fully saturated rings. The highest BCUT2D eigenvalue weighted by atomic mass is 16.3. The zero-order valence-corrected chi connectivity index (χ0v) is 8.53. The van der Waals surface area contributed by atoms with Gasteiger partial charge in [0.15, 0.2) is 0 Å². The van der Waals surface area contributed by atoms with Gasteiger partial charge in [-0.15, -0.1) is 0 Å². The van der Waals surface area contributed by atoms with Gasteiger partial charge in [-0.05, 0) is 24.0 Å². The van der Waals surface area contributed by atoms with Gasteiger partial charge in [-0.25, -0.2) is 0 Å². The highest BCUT2D eigenvalue weighted by Gasteiger charge is 2.22. The first-order valence-corrected chi connectivity index (χ1v) is 5.30. The van der Waals surface area contributed by atoms with Crippen molar-refractivity contribution in [2.24, 2.45) is 0 Å². The minimum absolute atomic E-state index is 0.175. The van der Waals surface area contributed by atoms with Crippen LogP contribution in [0.25, 0.3) is 0 Å². The molecule has 14 heavy (non-hydrogen) atoms. The van der Waals surface area contributed by atoms with Crippen molar-refractivity contribution >= 4 is 0 Å². The Hall–Kier alpha value is -0.860. The van der Waals surface area contributed by atoms with Crippen LogP contribution < -0.4 is 5.32 Å². The molecule has 1 aromatic carbocycles. The highest BCUT2D eigenvalue weighted by Crippen LogP contribution is 2.23. The molecule has 0 aromatic heterocycles. The molecule has 0 radical (unpaired) electrons. The van der Waals surface area contributed by atoms with Crippen molar-refractivity contribution in [3.05, 3.63) is 35.4 Å². The maximum Gasteiger partial charge on any atom is 0.0682 e. The van der Waals surface area contributed by atoms with E-state index in [0.29, 0.717) is 6.04 Å². The predicted octanol–water partition coefficient (Wildman–Crippen LogP) is 1.64. The van der Waals surface area contributed by atoms with Crippen LogP contribution in [-0.4, -0.2) is 17.8 Å². The molecule has 1 aromatic rings. The average Bonchev–Trinajstić information content (AvgIpc) is 2.65. The van der Waals surface area contributed by atoms with Gasteiger partial charge >= 0.3 is 0 Å². The summed E-state index contributed by atoms with van der Waals surface area (Å²) in [6.07, 6.45) is 1.75. The number of hydrogen-bond donors (Lipinski definition) is 2. The van der Waals surface area contributed by atoms with E-state index in [4.69, 9.17) is 0 Å². The third-order valence-corrected chi connectivity index (χ3v) is 2.90. The summed E-state index contributed by atoms with van der Waals surface area (Å²) in [5.41, 5.74) is 2.66. The largest absolute Gasteiger partial charge is 0.392 e. The summed E-state index contributed by atoms with van der Waals surface area (Å²) in [4.78, 5) is 0. The van der Waals surface area contributed by atoms with Crippen LogP contribution in [0.4, 0.5) is 0 Å². The molecule has 1 heterocycles. The Balaban J connectivity index is 2.09. The highest BCUT2D eigenvalue weighted by molar-refractivity contribution is 5.25. The van der Waals surface area contributed by atoms with Gasteiger partial charge in [0.1, 0.15) is 0 Å². The second kappa shape index (κ2) is 4.11. The number of aliphatic hydroxyl groups excluding tert-OH is 1. The van der Waals surface area contributed by atoms with E-state index >= 15 is 0 Å². The molecule has 2 unspecified atom stereocenters. The van der Waals surface area contributed by atoms with E-state index in [0.717, 1.165) is 19.4 Å². The Kier molecular flexibility index (Phi) is 2.85. The molecule has 1 aliphatic heterocycles. The van der Waals surface area contributed by atoms with Crippen LogP contribution in [0.15, 0.2) is 24.3 Å². The summed E-state index contributed by atoms with van der Waals surface area (Å²) in [5.74, 6) is 0. The first kappa shape index (κ1) is 9.69. The molecule has 2 nitrogen and oxygen atoms in total. The molecule has 0 aliphatic carbocycles. The number of aryl methyl sites for hydroxylation is 1. The van der Waals surface area contributed by atoms with Crippen LogP contribution in [0.1, 0.15) is 30.5 Å². The second-order valence-corrected chi connectivity index (χ2v) is 3.95. The zero-order chi connectivity index (χ0) is 9.97. The predicted molar refractivity (Wildman–Crippen MR) is 57.2 cm³/mol. The molecular weight excluding hydrogens is 174 g/mol. The first-order valence-electron chi connectivity index (χ1n) is 5.30. The number of hydrogen-bond acceptors (Lipinski definition) is 2. The smallest absolute Gasteiger partial charge is 0.0682 e. The van der Waals surface area contributed by atoms with E-state index < -0.39 is 0 Å². The van der Waals surface area contributed by atoms with Crippen LogP contribution >= 0.6 is 0 Å². The van der Waals surface area contributed by atoms with Crippen LogP contribution in [-0.2, 0) is 6.42 Å². The Labute approximate surface area is 85.0 Å². The molecule has 0 saturated carbocycles. The summed E-state index contributed by atoms with van der Waals surface area (Å²) < 4.78 is 0. The summed E-state index contributed by atoms with van der Waals surface area (Å²) in [6, 6.07) is 9.00. The lowest BCUT2D eigenvalue weighted by Gasteiger charge is -2.10. The summed E-state index contributed by atoms with van der Waals surface area (Å²) >= 11 is 0. The number of nitrogens with one attached hydrogen (secondary N) is 1. The topological polar surface area (TPSA) is 32.3 Å². The summed E-state index contributed by atoms with van der Waals surface area (Å²) in [5, 5.41) is 12.7. The first-order chi connectivity index (χ1) is 6.79. The lowest BCUT2D eigenvalue weighted by molar-refractivity contribution is 0.193. The third-order valence-electron chi connectivity index (χ3n) is 2.90. The van der Waals surface area contributed by atoms with Crippen molar-refractivity contribution in [3.8, 4) is 0 Å². The van der Waals surface area contributed by atoms with Crippen LogP contribution in [0.3, 0.4) is 0 Å². The average molecular weight is 191 g/mol. The zero-order valence-electron chi connectivity index (χ0n) is 8.53. The van der Waals surface area contributed by atoms with Gasteiger partial charge in [-0.2, -0.15) is 0 Å². The van der Waals surface area contributed by atoms with E-state index in [9.17, 15) is 5.11 Å². The van der Waals surface area contributed by atoms with E-state index in [1.807, 2.05) is 0 Å². The molecule has 76 valence electrons. The number of benzene rings is 1. The van der Waals surface area contributed by atoms with Gasteiger partial charge in [0.25, 0.3) is 0 Å². The van der Waals surface area contributed by atoms with Gasteiger partial charge < -0.3 is 10.4 Å². The van der Waals surface area contributed by atoms with E-state index in [1.165, 1.54) is 11.1 Å². The van der Waals surface area contributed by atoms with Gasteiger partial charge in [0, 0.05) is 12.6 Å². The van der Waals surface area contributed by atoms with Crippen molar-refractivity contribution < 1.29 is 5.11 Å². The molecule has 1 aliphatic rings. The fourth-order valence-corrected chi connectivity index (χ4v) is 1.96. The van der Waals surface area contributed by atoms with Crippen molar-refractivity contribution in [2.45, 2.75) is 31.9 Å². The Bertz CT molecular complexity index is 294. The molecular formula is C12H17NO. The number of rotatable bonds is 2. The fraction of sp³-hybridized carbons (Fsp3) is 0.500. The van der Waals surface area contributed by atoms with Crippen molar-refractivity contribution in [2.75, 3.05) is 6.54 Å². The van der Waals surface area contributed by atoms with E-state index in [1.54, 1.807) is 0 Å². The Morgan fingerprint density at radius 2 is 2.07 bits per heavy atom. The van der Waals surface area contributed by atoms with Gasteiger partial charge in [-0.1, -0.05) is 31.2 Å². The van der Waals surface area contributed by atoms with Crippen LogP contribution in [0.5, 0.6) is 0 Å². The lowest BCUT2D eigenvalue weighted by atomic mass is 10.0. The van der Waals surface area contributed by atoms with Gasteiger partial charge in [0.05, 0.1) is 6.10 Å². The lowest BCUT2D eigenvalue weighted by Crippen LogP contribution is -2.14.